The molecule has 1 atom stereocenters. The zero-order valence-electron chi connectivity index (χ0n) is 11.7. The van der Waals surface area contributed by atoms with Gasteiger partial charge in [-0.15, -0.1) is 0 Å². The smallest absolute Gasteiger partial charge is 0.328 e. The molecule has 2 aromatic rings. The Morgan fingerprint density at radius 1 is 1.19 bits per heavy atom. The fourth-order valence-corrected chi connectivity index (χ4v) is 2.30. The summed E-state index contributed by atoms with van der Waals surface area (Å²) in [6.45, 7) is 1.29. The van der Waals surface area contributed by atoms with Crippen LogP contribution in [0.1, 0.15) is 22.8 Å². The number of carbonyl (C=O) groups excluding carboxylic acids is 1. The topological polar surface area (TPSA) is 86.6 Å². The van der Waals surface area contributed by atoms with Gasteiger partial charge in [-0.1, -0.05) is 43.3 Å². The highest BCUT2D eigenvalue weighted by Crippen LogP contribution is 2.23. The van der Waals surface area contributed by atoms with Crippen molar-refractivity contribution in [3.63, 3.8) is 0 Å². The first kappa shape index (κ1) is 15.0. The maximum Gasteiger partial charge on any atom is 0.328 e. The molecule has 0 aliphatic rings. The third-order valence-electron chi connectivity index (χ3n) is 3.41. The van der Waals surface area contributed by atoms with Crippen LogP contribution >= 0.6 is 0 Å². The molecule has 21 heavy (non-hydrogen) atoms. The summed E-state index contributed by atoms with van der Waals surface area (Å²) in [5, 5.41) is 22.0. The summed E-state index contributed by atoms with van der Waals surface area (Å²) in [6, 6.07) is 9.94. The molecule has 0 saturated carbocycles. The average molecular weight is 287 g/mol. The summed E-state index contributed by atoms with van der Waals surface area (Å²) in [4.78, 5) is 23.4. The van der Waals surface area contributed by atoms with Gasteiger partial charge in [-0.2, -0.15) is 0 Å². The molecular weight excluding hydrogens is 270 g/mol. The molecule has 0 unspecified atom stereocenters. The van der Waals surface area contributed by atoms with Crippen molar-refractivity contribution in [1.29, 1.82) is 0 Å². The Balaban J connectivity index is 2.48. The molecule has 0 spiro atoms. The van der Waals surface area contributed by atoms with Crippen LogP contribution in [-0.2, 0) is 11.2 Å². The fraction of sp³-hybridized carbons (Fsp3) is 0.250. The van der Waals surface area contributed by atoms with Crippen LogP contribution < -0.4 is 5.32 Å². The molecule has 2 aromatic carbocycles. The lowest BCUT2D eigenvalue weighted by molar-refractivity contribution is -0.140. The molecule has 5 heteroatoms. The van der Waals surface area contributed by atoms with Gasteiger partial charge in [0.1, 0.15) is 0 Å². The van der Waals surface area contributed by atoms with Crippen molar-refractivity contribution in [3.8, 4) is 0 Å². The number of hydrogen-bond donors (Lipinski definition) is 3. The predicted octanol–water partition coefficient (Wildman–Crippen LogP) is 1.58. The van der Waals surface area contributed by atoms with Crippen molar-refractivity contribution in [2.75, 3.05) is 6.61 Å². The highest BCUT2D eigenvalue weighted by atomic mass is 16.4. The van der Waals surface area contributed by atoms with E-state index >= 15 is 0 Å². The van der Waals surface area contributed by atoms with Crippen molar-refractivity contribution in [3.05, 3.63) is 47.5 Å². The van der Waals surface area contributed by atoms with Crippen LogP contribution in [0.4, 0.5) is 0 Å². The summed E-state index contributed by atoms with van der Waals surface area (Å²) in [6.07, 6.45) is 0.657. The largest absolute Gasteiger partial charge is 0.480 e. The number of carboxylic acids is 1. The maximum atomic E-state index is 12.4. The number of nitrogens with one attached hydrogen (secondary N) is 1. The second kappa shape index (κ2) is 6.37. The molecular formula is C16H17NO4. The van der Waals surface area contributed by atoms with Crippen LogP contribution in [0.15, 0.2) is 36.4 Å². The number of carbonyl (C=O) groups is 2. The molecule has 0 saturated heterocycles. The van der Waals surface area contributed by atoms with Crippen molar-refractivity contribution in [2.24, 2.45) is 0 Å². The van der Waals surface area contributed by atoms with Gasteiger partial charge in [-0.25, -0.2) is 4.79 Å². The number of benzene rings is 2. The molecule has 0 bridgehead atoms. The lowest BCUT2D eigenvalue weighted by Crippen LogP contribution is -2.43. The zero-order chi connectivity index (χ0) is 15.4. The second-order valence-corrected chi connectivity index (χ2v) is 4.72. The van der Waals surface area contributed by atoms with Gasteiger partial charge in [0.15, 0.2) is 6.04 Å². The minimum atomic E-state index is -1.30. The molecule has 0 aromatic heterocycles. The standard InChI is InChI=1S/C16H17NO4/c1-2-10-7-8-11-5-3-4-6-12(11)14(10)15(19)17-13(9-18)16(20)21/h3-8,13,18H,2,9H2,1H3,(H,17,19)(H,20,21)/t13-/m0/s1. The Labute approximate surface area is 122 Å². The van der Waals surface area contributed by atoms with Crippen molar-refractivity contribution in [2.45, 2.75) is 19.4 Å². The monoisotopic (exact) mass is 287 g/mol. The van der Waals surface area contributed by atoms with E-state index in [0.717, 1.165) is 16.3 Å². The number of aryl methyl sites for hydroxylation is 1. The van der Waals surface area contributed by atoms with E-state index in [0.29, 0.717) is 12.0 Å². The highest BCUT2D eigenvalue weighted by Gasteiger charge is 2.22. The molecule has 0 aliphatic carbocycles. The number of amides is 1. The van der Waals surface area contributed by atoms with Crippen LogP contribution in [-0.4, -0.2) is 34.7 Å². The number of aliphatic hydroxyl groups excluding tert-OH is 1. The van der Waals surface area contributed by atoms with E-state index in [1.54, 1.807) is 0 Å². The predicted molar refractivity (Wildman–Crippen MR) is 79.3 cm³/mol. The van der Waals surface area contributed by atoms with E-state index in [1.165, 1.54) is 0 Å². The Bertz CT molecular complexity index is 681. The summed E-state index contributed by atoms with van der Waals surface area (Å²) >= 11 is 0. The van der Waals surface area contributed by atoms with Crippen LogP contribution in [0, 0.1) is 0 Å². The quantitative estimate of drug-likeness (QED) is 0.779. The zero-order valence-corrected chi connectivity index (χ0v) is 11.7. The Morgan fingerprint density at radius 3 is 2.52 bits per heavy atom. The van der Waals surface area contributed by atoms with E-state index in [4.69, 9.17) is 10.2 Å². The minimum Gasteiger partial charge on any atom is -0.480 e. The van der Waals surface area contributed by atoms with Crippen LogP contribution in [0.3, 0.4) is 0 Å². The first-order chi connectivity index (χ1) is 10.1. The Morgan fingerprint density at radius 2 is 1.90 bits per heavy atom. The normalized spacial score (nSPS) is 12.1. The van der Waals surface area contributed by atoms with Gasteiger partial charge in [-0.3, -0.25) is 4.79 Å². The summed E-state index contributed by atoms with van der Waals surface area (Å²) in [7, 11) is 0. The number of hydrogen-bond acceptors (Lipinski definition) is 3. The second-order valence-electron chi connectivity index (χ2n) is 4.72. The summed E-state index contributed by atoms with van der Waals surface area (Å²) in [5.41, 5.74) is 1.31. The lowest BCUT2D eigenvalue weighted by Gasteiger charge is -2.15. The van der Waals surface area contributed by atoms with Gasteiger partial charge in [0.05, 0.1) is 12.2 Å². The molecule has 2 rings (SSSR count). The SMILES string of the molecule is CCc1ccc2ccccc2c1C(=O)N[C@@H](CO)C(=O)O. The number of rotatable bonds is 5. The minimum absolute atomic E-state index is 0.468. The first-order valence-corrected chi connectivity index (χ1v) is 6.73. The third kappa shape index (κ3) is 3.03. The Kier molecular flexibility index (Phi) is 4.55. The van der Waals surface area contributed by atoms with Gasteiger partial charge in [0.25, 0.3) is 5.91 Å². The van der Waals surface area contributed by atoms with Gasteiger partial charge in [0.2, 0.25) is 0 Å². The van der Waals surface area contributed by atoms with Gasteiger partial charge < -0.3 is 15.5 Å². The molecule has 1 amide bonds. The summed E-state index contributed by atoms with van der Waals surface area (Å²) in [5.74, 6) is -1.74. The van der Waals surface area contributed by atoms with Gasteiger partial charge >= 0.3 is 5.97 Å². The lowest BCUT2D eigenvalue weighted by atomic mass is 9.96. The summed E-state index contributed by atoms with van der Waals surface area (Å²) < 4.78 is 0. The van der Waals surface area contributed by atoms with Crippen molar-refractivity contribution < 1.29 is 19.8 Å². The van der Waals surface area contributed by atoms with Gasteiger partial charge in [0, 0.05) is 0 Å². The van der Waals surface area contributed by atoms with E-state index < -0.39 is 24.5 Å². The Hall–Kier alpha value is -2.40. The highest BCUT2D eigenvalue weighted by molar-refractivity contribution is 6.09. The molecule has 0 aliphatic heterocycles. The molecule has 3 N–H and O–H groups in total. The average Bonchev–Trinajstić information content (AvgIpc) is 2.50. The number of fused-ring (bicyclic) bond motifs is 1. The van der Waals surface area contributed by atoms with E-state index in [-0.39, 0.29) is 0 Å². The van der Waals surface area contributed by atoms with Crippen LogP contribution in [0.2, 0.25) is 0 Å². The number of aliphatic carboxylic acids is 1. The first-order valence-electron chi connectivity index (χ1n) is 6.73. The molecule has 0 radical (unpaired) electrons. The van der Waals surface area contributed by atoms with E-state index in [9.17, 15) is 9.59 Å². The van der Waals surface area contributed by atoms with E-state index in [1.807, 2.05) is 43.3 Å². The van der Waals surface area contributed by atoms with Crippen LogP contribution in [0.25, 0.3) is 10.8 Å². The third-order valence-corrected chi connectivity index (χ3v) is 3.41. The molecule has 0 fully saturated rings. The number of aliphatic hydroxyl groups is 1. The van der Waals surface area contributed by atoms with E-state index in [2.05, 4.69) is 5.32 Å². The molecule has 110 valence electrons. The number of carboxylic acid groups (broad SMARTS) is 1. The van der Waals surface area contributed by atoms with Crippen molar-refractivity contribution in [1.82, 2.24) is 5.32 Å². The fourth-order valence-electron chi connectivity index (χ4n) is 2.30. The maximum absolute atomic E-state index is 12.4. The molecule has 0 heterocycles. The molecule has 5 nitrogen and oxygen atoms in total. The van der Waals surface area contributed by atoms with Crippen molar-refractivity contribution >= 4 is 22.6 Å². The van der Waals surface area contributed by atoms with Crippen LogP contribution in [0.5, 0.6) is 0 Å². The van der Waals surface area contributed by atoms with Gasteiger partial charge in [-0.05, 0) is 22.8 Å².